The second-order valence-electron chi connectivity index (χ2n) is 3.85. The number of anilines is 1. The van der Waals surface area contributed by atoms with Crippen molar-refractivity contribution in [2.24, 2.45) is 5.73 Å². The SMILES string of the molecule is CCCc1ccccc1NC(=O)CCCN.Cl. The zero-order valence-corrected chi connectivity index (χ0v) is 11.1. The van der Waals surface area contributed by atoms with Crippen molar-refractivity contribution in [2.45, 2.75) is 32.6 Å². The summed E-state index contributed by atoms with van der Waals surface area (Å²) in [6.07, 6.45) is 3.31. The molecule has 3 N–H and O–H groups in total. The van der Waals surface area contributed by atoms with Crippen LogP contribution in [0.3, 0.4) is 0 Å². The van der Waals surface area contributed by atoms with Crippen molar-refractivity contribution in [2.75, 3.05) is 11.9 Å². The minimum Gasteiger partial charge on any atom is -0.330 e. The zero-order chi connectivity index (χ0) is 11.8. The first-order chi connectivity index (χ1) is 7.77. The van der Waals surface area contributed by atoms with Gasteiger partial charge in [0.1, 0.15) is 0 Å². The summed E-state index contributed by atoms with van der Waals surface area (Å²) in [6.45, 7) is 2.69. The number of carbonyl (C=O) groups is 1. The molecule has 1 amide bonds. The Bertz CT molecular complexity index is 342. The Balaban J connectivity index is 0.00000256. The lowest BCUT2D eigenvalue weighted by atomic mass is 10.1. The number of hydrogen-bond acceptors (Lipinski definition) is 2. The van der Waals surface area contributed by atoms with Crippen LogP contribution in [-0.2, 0) is 11.2 Å². The Labute approximate surface area is 109 Å². The van der Waals surface area contributed by atoms with Crippen LogP contribution in [0, 0.1) is 0 Å². The molecule has 0 bridgehead atoms. The molecule has 0 aliphatic carbocycles. The van der Waals surface area contributed by atoms with E-state index in [9.17, 15) is 4.79 Å². The highest BCUT2D eigenvalue weighted by Gasteiger charge is 2.05. The van der Waals surface area contributed by atoms with Crippen LogP contribution in [0.15, 0.2) is 24.3 Å². The van der Waals surface area contributed by atoms with Crippen LogP contribution in [0.1, 0.15) is 31.7 Å². The second kappa shape index (κ2) is 9.02. The third kappa shape index (κ3) is 5.71. The van der Waals surface area contributed by atoms with Gasteiger partial charge in [0, 0.05) is 12.1 Å². The summed E-state index contributed by atoms with van der Waals surface area (Å²) in [5.74, 6) is 0.0500. The molecule has 0 radical (unpaired) electrons. The number of nitrogens with one attached hydrogen (secondary N) is 1. The van der Waals surface area contributed by atoms with E-state index >= 15 is 0 Å². The lowest BCUT2D eigenvalue weighted by Crippen LogP contribution is -2.14. The molecule has 1 aromatic rings. The molecule has 1 aromatic carbocycles. The largest absolute Gasteiger partial charge is 0.330 e. The molecule has 4 heteroatoms. The minimum absolute atomic E-state index is 0. The quantitative estimate of drug-likeness (QED) is 0.822. The number of nitrogens with two attached hydrogens (primary N) is 1. The van der Waals surface area contributed by atoms with E-state index in [2.05, 4.69) is 18.3 Å². The maximum atomic E-state index is 11.6. The topological polar surface area (TPSA) is 55.1 Å². The molecule has 0 aromatic heterocycles. The Morgan fingerprint density at radius 3 is 2.71 bits per heavy atom. The number of amides is 1. The van der Waals surface area contributed by atoms with Crippen LogP contribution >= 0.6 is 12.4 Å². The first-order valence-corrected chi connectivity index (χ1v) is 5.85. The Kier molecular flexibility index (Phi) is 8.46. The van der Waals surface area contributed by atoms with Crippen molar-refractivity contribution >= 4 is 24.0 Å². The van der Waals surface area contributed by atoms with Crippen LogP contribution in [0.5, 0.6) is 0 Å². The van der Waals surface area contributed by atoms with Gasteiger partial charge in [-0.3, -0.25) is 4.79 Å². The Hall–Kier alpha value is -1.06. The molecule has 0 saturated carbocycles. The number of aryl methyl sites for hydroxylation is 1. The van der Waals surface area contributed by atoms with Crippen LogP contribution in [0.2, 0.25) is 0 Å². The summed E-state index contributed by atoms with van der Waals surface area (Å²) in [5.41, 5.74) is 7.50. The summed E-state index contributed by atoms with van der Waals surface area (Å²) in [4.78, 5) is 11.6. The van der Waals surface area contributed by atoms with Gasteiger partial charge in [-0.2, -0.15) is 0 Å². The monoisotopic (exact) mass is 256 g/mol. The van der Waals surface area contributed by atoms with Gasteiger partial charge in [0.2, 0.25) is 5.91 Å². The predicted octanol–water partition coefficient (Wildman–Crippen LogP) is 2.74. The van der Waals surface area contributed by atoms with Gasteiger partial charge in [0.05, 0.1) is 0 Å². The maximum absolute atomic E-state index is 11.6. The Morgan fingerprint density at radius 1 is 1.35 bits per heavy atom. The maximum Gasteiger partial charge on any atom is 0.224 e. The average Bonchev–Trinajstić information content (AvgIpc) is 2.29. The summed E-state index contributed by atoms with van der Waals surface area (Å²) in [6, 6.07) is 7.95. The smallest absolute Gasteiger partial charge is 0.224 e. The van der Waals surface area contributed by atoms with Crippen LogP contribution in [-0.4, -0.2) is 12.5 Å². The van der Waals surface area contributed by atoms with Gasteiger partial charge in [-0.15, -0.1) is 12.4 Å². The fraction of sp³-hybridized carbons (Fsp3) is 0.462. The molecular weight excluding hydrogens is 236 g/mol. The van der Waals surface area contributed by atoms with E-state index in [1.54, 1.807) is 0 Å². The first kappa shape index (κ1) is 15.9. The van der Waals surface area contributed by atoms with E-state index in [0.29, 0.717) is 13.0 Å². The summed E-state index contributed by atoms with van der Waals surface area (Å²) >= 11 is 0. The molecule has 0 heterocycles. The van der Waals surface area contributed by atoms with Gasteiger partial charge in [-0.25, -0.2) is 0 Å². The second-order valence-corrected chi connectivity index (χ2v) is 3.85. The number of benzene rings is 1. The number of carbonyl (C=O) groups excluding carboxylic acids is 1. The molecule has 0 unspecified atom stereocenters. The number of para-hydroxylation sites is 1. The zero-order valence-electron chi connectivity index (χ0n) is 10.2. The van der Waals surface area contributed by atoms with E-state index in [1.165, 1.54) is 5.56 Å². The molecule has 0 fully saturated rings. The van der Waals surface area contributed by atoms with Crippen molar-refractivity contribution < 1.29 is 4.79 Å². The molecular formula is C13H21ClN2O. The van der Waals surface area contributed by atoms with E-state index in [1.807, 2.05) is 18.2 Å². The third-order valence-electron chi connectivity index (χ3n) is 2.42. The van der Waals surface area contributed by atoms with Crippen molar-refractivity contribution in [3.63, 3.8) is 0 Å². The van der Waals surface area contributed by atoms with Crippen LogP contribution < -0.4 is 11.1 Å². The first-order valence-electron chi connectivity index (χ1n) is 5.85. The highest BCUT2D eigenvalue weighted by atomic mass is 35.5. The minimum atomic E-state index is 0. The van der Waals surface area contributed by atoms with E-state index in [4.69, 9.17) is 5.73 Å². The molecule has 17 heavy (non-hydrogen) atoms. The van der Waals surface area contributed by atoms with Gasteiger partial charge >= 0.3 is 0 Å². The molecule has 0 aliphatic heterocycles. The standard InChI is InChI=1S/C13H20N2O.ClH/c1-2-6-11-7-3-4-8-12(11)15-13(16)9-5-10-14;/h3-4,7-8H,2,5-6,9-10,14H2,1H3,(H,15,16);1H. The van der Waals surface area contributed by atoms with Gasteiger partial charge in [0.25, 0.3) is 0 Å². The lowest BCUT2D eigenvalue weighted by Gasteiger charge is -2.09. The molecule has 0 atom stereocenters. The van der Waals surface area contributed by atoms with Crippen molar-refractivity contribution in [3.05, 3.63) is 29.8 Å². The molecule has 3 nitrogen and oxygen atoms in total. The fourth-order valence-electron chi connectivity index (χ4n) is 1.60. The van der Waals surface area contributed by atoms with E-state index in [0.717, 1.165) is 24.9 Å². The van der Waals surface area contributed by atoms with Gasteiger partial charge < -0.3 is 11.1 Å². The molecule has 0 saturated heterocycles. The van der Waals surface area contributed by atoms with Crippen molar-refractivity contribution in [1.82, 2.24) is 0 Å². The van der Waals surface area contributed by atoms with E-state index in [-0.39, 0.29) is 18.3 Å². The Morgan fingerprint density at radius 2 is 2.06 bits per heavy atom. The fourth-order valence-corrected chi connectivity index (χ4v) is 1.60. The lowest BCUT2D eigenvalue weighted by molar-refractivity contribution is -0.116. The molecule has 0 aliphatic rings. The highest BCUT2D eigenvalue weighted by molar-refractivity contribution is 5.91. The summed E-state index contributed by atoms with van der Waals surface area (Å²) in [7, 11) is 0. The normalized spacial score (nSPS) is 9.53. The van der Waals surface area contributed by atoms with Crippen molar-refractivity contribution in [1.29, 1.82) is 0 Å². The third-order valence-corrected chi connectivity index (χ3v) is 2.42. The number of hydrogen-bond donors (Lipinski definition) is 2. The van der Waals surface area contributed by atoms with Crippen molar-refractivity contribution in [3.8, 4) is 0 Å². The summed E-state index contributed by atoms with van der Waals surface area (Å²) in [5, 5.41) is 2.94. The average molecular weight is 257 g/mol. The molecule has 0 spiro atoms. The van der Waals surface area contributed by atoms with Gasteiger partial charge in [0.15, 0.2) is 0 Å². The van der Waals surface area contributed by atoms with Crippen LogP contribution in [0.25, 0.3) is 0 Å². The molecule has 96 valence electrons. The number of rotatable bonds is 6. The summed E-state index contributed by atoms with van der Waals surface area (Å²) < 4.78 is 0. The van der Waals surface area contributed by atoms with Gasteiger partial charge in [-0.05, 0) is 31.0 Å². The van der Waals surface area contributed by atoms with Gasteiger partial charge in [-0.1, -0.05) is 31.5 Å². The molecule has 1 rings (SSSR count). The highest BCUT2D eigenvalue weighted by Crippen LogP contribution is 2.16. The predicted molar refractivity (Wildman–Crippen MR) is 74.6 cm³/mol. The number of halogens is 1. The van der Waals surface area contributed by atoms with Crippen LogP contribution in [0.4, 0.5) is 5.69 Å². The van der Waals surface area contributed by atoms with E-state index < -0.39 is 0 Å².